The van der Waals surface area contributed by atoms with E-state index in [4.69, 9.17) is 4.98 Å². The van der Waals surface area contributed by atoms with Gasteiger partial charge in [-0.2, -0.15) is 0 Å². The van der Waals surface area contributed by atoms with Crippen LogP contribution in [0.5, 0.6) is 0 Å². The summed E-state index contributed by atoms with van der Waals surface area (Å²) >= 11 is 0. The standard InChI is InChI=1S/C23H25N3O3S/c1-25(2)23(27)20-14-22(24-21-11-7-6-10-19(20)21)18-12-13-26(15-18)30(28,29)16-17-8-4-3-5-9-17/h3-11,14,18H,12-13,15-16H2,1-2H3. The van der Waals surface area contributed by atoms with E-state index in [2.05, 4.69) is 0 Å². The predicted octanol–water partition coefficient (Wildman–Crippen LogP) is 3.26. The molecule has 6 nitrogen and oxygen atoms in total. The van der Waals surface area contributed by atoms with Crippen molar-refractivity contribution in [3.05, 3.63) is 77.5 Å². The molecule has 0 aliphatic carbocycles. The van der Waals surface area contributed by atoms with Gasteiger partial charge in [0.05, 0.1) is 16.8 Å². The van der Waals surface area contributed by atoms with Gasteiger partial charge >= 0.3 is 0 Å². The molecule has 1 aliphatic rings. The first kappa shape index (κ1) is 20.5. The van der Waals surface area contributed by atoms with Crippen molar-refractivity contribution < 1.29 is 13.2 Å². The van der Waals surface area contributed by atoms with Crippen molar-refractivity contribution in [2.24, 2.45) is 0 Å². The molecule has 1 aliphatic heterocycles. The molecule has 1 unspecified atom stereocenters. The summed E-state index contributed by atoms with van der Waals surface area (Å²) in [5, 5.41) is 0.812. The van der Waals surface area contributed by atoms with Crippen molar-refractivity contribution in [1.29, 1.82) is 0 Å². The molecule has 30 heavy (non-hydrogen) atoms. The minimum atomic E-state index is -3.41. The number of hydrogen-bond donors (Lipinski definition) is 0. The van der Waals surface area contributed by atoms with Crippen LogP contribution >= 0.6 is 0 Å². The fourth-order valence-corrected chi connectivity index (χ4v) is 5.51. The number of nitrogens with zero attached hydrogens (tertiary/aromatic N) is 3. The lowest BCUT2D eigenvalue weighted by molar-refractivity contribution is 0.0829. The van der Waals surface area contributed by atoms with Crippen LogP contribution in [0.3, 0.4) is 0 Å². The van der Waals surface area contributed by atoms with Crippen molar-refractivity contribution in [3.8, 4) is 0 Å². The Hall–Kier alpha value is -2.77. The van der Waals surface area contributed by atoms with Gasteiger partial charge < -0.3 is 4.90 Å². The Morgan fingerprint density at radius 3 is 2.53 bits per heavy atom. The molecule has 0 N–H and O–H groups in total. The van der Waals surface area contributed by atoms with Crippen molar-refractivity contribution >= 4 is 26.8 Å². The molecule has 2 heterocycles. The maximum Gasteiger partial charge on any atom is 0.254 e. The van der Waals surface area contributed by atoms with Crippen LogP contribution < -0.4 is 0 Å². The summed E-state index contributed by atoms with van der Waals surface area (Å²) in [6.07, 6.45) is 0.689. The SMILES string of the molecule is CN(C)C(=O)c1cc(C2CCN(S(=O)(=O)Cc3ccccc3)C2)nc2ccccc12. The maximum atomic E-state index is 12.9. The monoisotopic (exact) mass is 423 g/mol. The summed E-state index contributed by atoms with van der Waals surface area (Å²) in [4.78, 5) is 19.1. The van der Waals surface area contributed by atoms with Crippen LogP contribution in [0.2, 0.25) is 0 Å². The zero-order valence-corrected chi connectivity index (χ0v) is 18.0. The fraction of sp³-hybridized carbons (Fsp3) is 0.304. The first-order valence-electron chi connectivity index (χ1n) is 9.98. The van der Waals surface area contributed by atoms with E-state index in [0.717, 1.165) is 22.2 Å². The van der Waals surface area contributed by atoms with E-state index in [1.54, 1.807) is 23.3 Å². The van der Waals surface area contributed by atoms with Crippen molar-refractivity contribution in [1.82, 2.24) is 14.2 Å². The van der Waals surface area contributed by atoms with E-state index in [-0.39, 0.29) is 17.6 Å². The molecule has 1 saturated heterocycles. The van der Waals surface area contributed by atoms with Gasteiger partial charge in [-0.15, -0.1) is 0 Å². The molecular weight excluding hydrogens is 398 g/mol. The van der Waals surface area contributed by atoms with Gasteiger partial charge in [-0.1, -0.05) is 48.5 Å². The van der Waals surface area contributed by atoms with Crippen molar-refractivity contribution in [2.75, 3.05) is 27.2 Å². The average Bonchev–Trinajstić information content (AvgIpc) is 3.24. The second-order valence-electron chi connectivity index (χ2n) is 7.90. The number of pyridine rings is 1. The van der Waals surface area contributed by atoms with Crippen LogP contribution in [0.25, 0.3) is 10.9 Å². The van der Waals surface area contributed by atoms with Crippen LogP contribution in [0.4, 0.5) is 0 Å². The van der Waals surface area contributed by atoms with Gasteiger partial charge in [-0.05, 0) is 24.1 Å². The van der Waals surface area contributed by atoms with E-state index in [1.165, 1.54) is 0 Å². The highest BCUT2D eigenvalue weighted by Gasteiger charge is 2.33. The highest BCUT2D eigenvalue weighted by Crippen LogP contribution is 2.31. The predicted molar refractivity (Wildman–Crippen MR) is 118 cm³/mol. The third kappa shape index (κ3) is 4.08. The topological polar surface area (TPSA) is 70.6 Å². The Morgan fingerprint density at radius 2 is 1.80 bits per heavy atom. The van der Waals surface area contributed by atoms with Gasteiger partial charge in [0, 0.05) is 44.2 Å². The zero-order valence-electron chi connectivity index (χ0n) is 17.2. The lowest BCUT2D eigenvalue weighted by Gasteiger charge is -2.18. The number of aromatic nitrogens is 1. The molecule has 4 rings (SSSR count). The molecule has 3 aromatic rings. The molecule has 0 bridgehead atoms. The number of amides is 1. The van der Waals surface area contributed by atoms with E-state index in [0.29, 0.717) is 25.1 Å². The van der Waals surface area contributed by atoms with Crippen LogP contribution in [0.15, 0.2) is 60.7 Å². The Labute approximate surface area is 177 Å². The molecule has 2 aromatic carbocycles. The Kier molecular flexibility index (Phi) is 5.58. The molecule has 0 radical (unpaired) electrons. The highest BCUT2D eigenvalue weighted by molar-refractivity contribution is 7.88. The number of benzene rings is 2. The Balaban J connectivity index is 1.62. The molecule has 0 spiro atoms. The smallest absolute Gasteiger partial charge is 0.254 e. The number of sulfonamides is 1. The molecular formula is C23H25N3O3S. The van der Waals surface area contributed by atoms with Crippen LogP contribution in [0.1, 0.15) is 34.0 Å². The molecule has 0 saturated carbocycles. The molecule has 1 atom stereocenters. The largest absolute Gasteiger partial charge is 0.345 e. The number of carbonyl (C=O) groups is 1. The Bertz CT molecular complexity index is 1180. The van der Waals surface area contributed by atoms with Gasteiger partial charge in [0.2, 0.25) is 10.0 Å². The minimum Gasteiger partial charge on any atom is -0.345 e. The third-order valence-electron chi connectivity index (χ3n) is 5.53. The lowest BCUT2D eigenvalue weighted by atomic mass is 9.99. The number of hydrogen-bond acceptors (Lipinski definition) is 4. The maximum absolute atomic E-state index is 12.9. The third-order valence-corrected chi connectivity index (χ3v) is 7.34. The van der Waals surface area contributed by atoms with E-state index in [9.17, 15) is 13.2 Å². The molecule has 156 valence electrons. The van der Waals surface area contributed by atoms with Crippen LogP contribution in [-0.2, 0) is 15.8 Å². The first-order valence-corrected chi connectivity index (χ1v) is 11.6. The van der Waals surface area contributed by atoms with Crippen LogP contribution in [0, 0.1) is 0 Å². The van der Waals surface area contributed by atoms with Gasteiger partial charge in [0.15, 0.2) is 0 Å². The summed E-state index contributed by atoms with van der Waals surface area (Å²) in [6.45, 7) is 0.849. The van der Waals surface area contributed by atoms with Crippen molar-refractivity contribution in [3.63, 3.8) is 0 Å². The number of fused-ring (bicyclic) bond motifs is 1. The molecule has 1 amide bonds. The van der Waals surface area contributed by atoms with Gasteiger partial charge in [-0.3, -0.25) is 9.78 Å². The molecule has 1 fully saturated rings. The summed E-state index contributed by atoms with van der Waals surface area (Å²) in [5.74, 6) is -0.119. The average molecular weight is 424 g/mol. The zero-order chi connectivity index (χ0) is 21.3. The minimum absolute atomic E-state index is 0.00389. The van der Waals surface area contributed by atoms with E-state index >= 15 is 0 Å². The summed E-state index contributed by atoms with van der Waals surface area (Å²) in [7, 11) is 0.0477. The van der Waals surface area contributed by atoms with Gasteiger partial charge in [0.1, 0.15) is 0 Å². The van der Waals surface area contributed by atoms with Gasteiger partial charge in [0.25, 0.3) is 5.91 Å². The summed E-state index contributed by atoms with van der Waals surface area (Å²) in [5.41, 5.74) is 2.91. The van der Waals surface area contributed by atoms with Gasteiger partial charge in [-0.25, -0.2) is 12.7 Å². The van der Waals surface area contributed by atoms with Crippen LogP contribution in [-0.4, -0.2) is 55.7 Å². The second kappa shape index (κ2) is 8.16. The number of carbonyl (C=O) groups excluding carboxylic acids is 1. The lowest BCUT2D eigenvalue weighted by Crippen LogP contribution is -2.30. The molecule has 7 heteroatoms. The quantitative estimate of drug-likeness (QED) is 0.632. The van der Waals surface area contributed by atoms with Crippen molar-refractivity contribution in [2.45, 2.75) is 18.1 Å². The summed E-state index contributed by atoms with van der Waals surface area (Å²) < 4.78 is 27.4. The normalized spacial score (nSPS) is 17.3. The summed E-state index contributed by atoms with van der Waals surface area (Å²) in [6, 6.07) is 18.6. The Morgan fingerprint density at radius 1 is 1.10 bits per heavy atom. The van der Waals surface area contributed by atoms with E-state index in [1.807, 2.05) is 60.7 Å². The highest BCUT2D eigenvalue weighted by atomic mass is 32.2. The number of rotatable bonds is 5. The fourth-order valence-electron chi connectivity index (χ4n) is 3.92. The molecule has 1 aromatic heterocycles. The second-order valence-corrected chi connectivity index (χ2v) is 9.87. The number of para-hydroxylation sites is 1. The first-order chi connectivity index (χ1) is 14.3. The van der Waals surface area contributed by atoms with E-state index < -0.39 is 10.0 Å².